The molecule has 2 atom stereocenters. The third-order valence-corrected chi connectivity index (χ3v) is 5.70. The predicted molar refractivity (Wildman–Crippen MR) is 119 cm³/mol. The molecule has 1 saturated carbocycles. The van der Waals surface area contributed by atoms with Crippen molar-refractivity contribution in [3.8, 4) is 0 Å². The normalized spacial score (nSPS) is 19.6. The largest absolute Gasteiger partial charge is 0.392 e. The molecule has 9 nitrogen and oxygen atoms in total. The fourth-order valence-electron chi connectivity index (χ4n) is 3.85. The second kappa shape index (κ2) is 11.5. The van der Waals surface area contributed by atoms with Crippen molar-refractivity contribution in [2.45, 2.75) is 51.0 Å². The van der Waals surface area contributed by atoms with Crippen molar-refractivity contribution in [1.29, 1.82) is 5.41 Å². The van der Waals surface area contributed by atoms with Crippen LogP contribution in [0.3, 0.4) is 0 Å². The molecule has 0 bridgehead atoms. The third kappa shape index (κ3) is 6.24. The van der Waals surface area contributed by atoms with Gasteiger partial charge in [0.2, 0.25) is 0 Å². The molecule has 1 saturated heterocycles. The Morgan fingerprint density at radius 2 is 2.23 bits per heavy atom. The van der Waals surface area contributed by atoms with Crippen molar-refractivity contribution in [1.82, 2.24) is 15.7 Å². The Labute approximate surface area is 183 Å². The Morgan fingerprint density at radius 3 is 2.87 bits per heavy atom. The lowest BCUT2D eigenvalue weighted by atomic mass is 9.98. The van der Waals surface area contributed by atoms with Crippen LogP contribution < -0.4 is 16.1 Å². The summed E-state index contributed by atoms with van der Waals surface area (Å²) in [6.07, 6.45) is 2.26. The number of nitrogens with zero attached hydrogens (tertiary/aromatic N) is 1. The van der Waals surface area contributed by atoms with E-state index in [0.717, 1.165) is 42.6 Å². The molecule has 2 fully saturated rings. The van der Waals surface area contributed by atoms with Gasteiger partial charge in [-0.1, -0.05) is 12.1 Å². The molecule has 1 heterocycles. The van der Waals surface area contributed by atoms with Gasteiger partial charge in [-0.3, -0.25) is 4.79 Å². The highest BCUT2D eigenvalue weighted by Gasteiger charge is 2.41. The van der Waals surface area contributed by atoms with Crippen LogP contribution in [0, 0.1) is 5.41 Å². The summed E-state index contributed by atoms with van der Waals surface area (Å²) in [5.74, 6) is -0.0425. The first-order chi connectivity index (χ1) is 15.1. The van der Waals surface area contributed by atoms with E-state index in [0.29, 0.717) is 32.0 Å². The van der Waals surface area contributed by atoms with Gasteiger partial charge < -0.3 is 35.6 Å². The molecular weight excluding hydrogens is 398 g/mol. The number of carbonyl (C=O) groups is 1. The number of aliphatic hydroxyl groups excluding tert-OH is 1. The number of aliphatic hydroxyl groups is 1. The molecule has 5 N–H and O–H groups in total. The summed E-state index contributed by atoms with van der Waals surface area (Å²) >= 11 is 0. The van der Waals surface area contributed by atoms with Crippen molar-refractivity contribution in [3.63, 3.8) is 0 Å². The first kappa shape index (κ1) is 23.6. The average molecular weight is 434 g/mol. The van der Waals surface area contributed by atoms with Gasteiger partial charge in [0.15, 0.2) is 0 Å². The number of rotatable bonds is 12. The van der Waals surface area contributed by atoms with E-state index in [-0.39, 0.29) is 24.6 Å². The minimum atomic E-state index is -0.493. The van der Waals surface area contributed by atoms with E-state index in [1.807, 2.05) is 30.0 Å². The van der Waals surface area contributed by atoms with Crippen molar-refractivity contribution in [3.05, 3.63) is 29.3 Å². The summed E-state index contributed by atoms with van der Waals surface area (Å²) in [5.41, 5.74) is 5.50. The number of ether oxygens (including phenoxy) is 1. The standard InChI is InChI=1S/C22H35N5O4/c1-15(27(17-5-6-17)22(29)20-13-24-10-11-31-20)21(23)18-7-4-16(14-28)12-19(18)25-8-3-9-26-30-2/h4,7,12,15,17,20,23-26,28H,3,5-6,8-11,13-14H2,1-2H3/t15-,20-/m1/s1. The fraction of sp³-hybridized carbons (Fsp3) is 0.636. The highest BCUT2D eigenvalue weighted by Crippen LogP contribution is 2.32. The van der Waals surface area contributed by atoms with Gasteiger partial charge in [-0.05, 0) is 37.8 Å². The molecule has 0 unspecified atom stereocenters. The molecule has 0 spiro atoms. The molecule has 9 heteroatoms. The van der Waals surface area contributed by atoms with E-state index >= 15 is 0 Å². The zero-order valence-electron chi connectivity index (χ0n) is 18.4. The van der Waals surface area contributed by atoms with Crippen LogP contribution in [-0.2, 0) is 21.0 Å². The van der Waals surface area contributed by atoms with Crippen molar-refractivity contribution in [2.75, 3.05) is 45.2 Å². The van der Waals surface area contributed by atoms with Crippen LogP contribution in [0.1, 0.15) is 37.3 Å². The number of nitrogens with one attached hydrogen (secondary N) is 4. The number of hydrogen-bond acceptors (Lipinski definition) is 8. The molecule has 1 aliphatic heterocycles. The molecular formula is C22H35N5O4. The van der Waals surface area contributed by atoms with Gasteiger partial charge in [0.1, 0.15) is 6.10 Å². The van der Waals surface area contributed by atoms with Gasteiger partial charge in [-0.25, -0.2) is 5.48 Å². The predicted octanol–water partition coefficient (Wildman–Crippen LogP) is 0.868. The van der Waals surface area contributed by atoms with Crippen molar-refractivity contribution < 1.29 is 19.5 Å². The van der Waals surface area contributed by atoms with E-state index in [9.17, 15) is 9.90 Å². The van der Waals surface area contributed by atoms with Gasteiger partial charge >= 0.3 is 0 Å². The molecule has 1 aromatic carbocycles. The van der Waals surface area contributed by atoms with Crippen LogP contribution in [0.5, 0.6) is 0 Å². The minimum Gasteiger partial charge on any atom is -0.392 e. The number of hydroxylamine groups is 1. The summed E-state index contributed by atoms with van der Waals surface area (Å²) in [6, 6.07) is 5.35. The number of carbonyl (C=O) groups excluding carboxylic acids is 1. The molecule has 31 heavy (non-hydrogen) atoms. The maximum absolute atomic E-state index is 13.2. The number of morpholine rings is 1. The molecule has 3 rings (SSSR count). The summed E-state index contributed by atoms with van der Waals surface area (Å²) < 4.78 is 5.69. The summed E-state index contributed by atoms with van der Waals surface area (Å²) in [6.45, 7) is 5.02. The van der Waals surface area contributed by atoms with E-state index in [1.54, 1.807) is 7.11 Å². The SMILES string of the molecule is CONCCCNc1cc(CO)ccc1C(=N)[C@@H](C)N(C(=O)[C@H]1CNCCO1)C1CC1. The lowest BCUT2D eigenvalue weighted by molar-refractivity contribution is -0.146. The number of benzene rings is 1. The first-order valence-corrected chi connectivity index (χ1v) is 11.0. The van der Waals surface area contributed by atoms with Gasteiger partial charge in [-0.2, -0.15) is 0 Å². The molecule has 2 aliphatic rings. The summed E-state index contributed by atoms with van der Waals surface area (Å²) in [7, 11) is 1.58. The smallest absolute Gasteiger partial charge is 0.253 e. The van der Waals surface area contributed by atoms with Crippen LogP contribution in [0.4, 0.5) is 5.69 Å². The summed E-state index contributed by atoms with van der Waals surface area (Å²) in [5, 5.41) is 25.1. The Hall–Kier alpha value is -2.04. The van der Waals surface area contributed by atoms with E-state index in [4.69, 9.17) is 15.0 Å². The molecule has 1 aromatic rings. The van der Waals surface area contributed by atoms with Gasteiger partial charge in [0.05, 0.1) is 32.1 Å². The topological polar surface area (TPSA) is 119 Å². The molecule has 0 aromatic heterocycles. The van der Waals surface area contributed by atoms with E-state index < -0.39 is 6.10 Å². The lowest BCUT2D eigenvalue weighted by Crippen LogP contribution is -2.54. The Balaban J connectivity index is 1.75. The maximum atomic E-state index is 13.2. The first-order valence-electron chi connectivity index (χ1n) is 11.0. The second-order valence-electron chi connectivity index (χ2n) is 8.05. The zero-order chi connectivity index (χ0) is 22.2. The summed E-state index contributed by atoms with van der Waals surface area (Å²) in [4.78, 5) is 19.9. The third-order valence-electron chi connectivity index (χ3n) is 5.70. The number of amides is 1. The number of anilines is 1. The highest BCUT2D eigenvalue weighted by molar-refractivity contribution is 6.07. The maximum Gasteiger partial charge on any atom is 0.253 e. The Kier molecular flexibility index (Phi) is 8.79. The van der Waals surface area contributed by atoms with E-state index in [2.05, 4.69) is 16.1 Å². The van der Waals surface area contributed by atoms with Crippen LogP contribution in [0.2, 0.25) is 0 Å². The fourth-order valence-corrected chi connectivity index (χ4v) is 3.85. The minimum absolute atomic E-state index is 0.0425. The van der Waals surface area contributed by atoms with Gasteiger partial charge in [-0.15, -0.1) is 0 Å². The number of hydrogen-bond donors (Lipinski definition) is 5. The van der Waals surface area contributed by atoms with Gasteiger partial charge in [0.25, 0.3) is 5.91 Å². The molecule has 1 aliphatic carbocycles. The molecule has 0 radical (unpaired) electrons. The average Bonchev–Trinajstić information content (AvgIpc) is 3.64. The molecule has 172 valence electrons. The monoisotopic (exact) mass is 433 g/mol. The molecule has 1 amide bonds. The Bertz CT molecular complexity index is 749. The quantitative estimate of drug-likeness (QED) is 0.189. The van der Waals surface area contributed by atoms with Crippen LogP contribution in [0.25, 0.3) is 0 Å². The second-order valence-corrected chi connectivity index (χ2v) is 8.05. The zero-order valence-corrected chi connectivity index (χ0v) is 18.4. The van der Waals surface area contributed by atoms with Crippen LogP contribution >= 0.6 is 0 Å². The van der Waals surface area contributed by atoms with Crippen molar-refractivity contribution >= 4 is 17.3 Å². The van der Waals surface area contributed by atoms with Crippen molar-refractivity contribution in [2.24, 2.45) is 0 Å². The Morgan fingerprint density at radius 1 is 1.42 bits per heavy atom. The van der Waals surface area contributed by atoms with E-state index in [1.165, 1.54) is 0 Å². The highest BCUT2D eigenvalue weighted by atomic mass is 16.6. The van der Waals surface area contributed by atoms with Crippen LogP contribution in [-0.4, -0.2) is 79.7 Å². The van der Waals surface area contributed by atoms with Crippen LogP contribution in [0.15, 0.2) is 18.2 Å². The van der Waals surface area contributed by atoms with Gasteiger partial charge in [0, 0.05) is 43.5 Å². The lowest BCUT2D eigenvalue weighted by Gasteiger charge is -2.34.